The predicted octanol–water partition coefficient (Wildman–Crippen LogP) is 3.77. The van der Waals surface area contributed by atoms with Crippen LogP contribution in [-0.2, 0) is 15.1 Å². The summed E-state index contributed by atoms with van der Waals surface area (Å²) < 4.78 is 5.15. The van der Waals surface area contributed by atoms with Gasteiger partial charge in [-0.3, -0.25) is 5.32 Å². The summed E-state index contributed by atoms with van der Waals surface area (Å²) in [5, 5.41) is 4.22. The highest BCUT2D eigenvalue weighted by atomic mass is 35.5. The molecule has 0 aliphatic carbocycles. The van der Waals surface area contributed by atoms with Crippen molar-refractivity contribution in [3.05, 3.63) is 33.8 Å². The van der Waals surface area contributed by atoms with Crippen molar-refractivity contribution in [1.82, 2.24) is 5.32 Å². The molecule has 0 heterocycles. The van der Waals surface area contributed by atoms with Crippen LogP contribution in [0.15, 0.2) is 18.2 Å². The average molecular weight is 304 g/mol. The highest BCUT2D eigenvalue weighted by molar-refractivity contribution is 6.33. The number of hydrogen-bond donors (Lipinski definition) is 1. The summed E-state index contributed by atoms with van der Waals surface area (Å²) in [5.74, 6) is -0.368. The molecule has 1 aromatic rings. The van der Waals surface area contributed by atoms with Crippen LogP contribution < -0.4 is 5.32 Å². The first-order valence-electron chi connectivity index (χ1n) is 6.21. The molecule has 1 N–H and O–H groups in total. The van der Waals surface area contributed by atoms with Crippen molar-refractivity contribution in [3.8, 4) is 0 Å². The monoisotopic (exact) mass is 303 g/mol. The van der Waals surface area contributed by atoms with Gasteiger partial charge >= 0.3 is 5.97 Å². The fourth-order valence-electron chi connectivity index (χ4n) is 1.98. The smallest absolute Gasteiger partial charge is 0.330 e. The Labute approximate surface area is 124 Å². The summed E-state index contributed by atoms with van der Waals surface area (Å²) in [5.41, 5.74) is -0.402. The molecule has 0 aromatic heterocycles. The van der Waals surface area contributed by atoms with Gasteiger partial charge in [0.2, 0.25) is 0 Å². The van der Waals surface area contributed by atoms with Crippen LogP contribution in [0, 0.1) is 0 Å². The Kier molecular flexibility index (Phi) is 5.65. The molecule has 0 fully saturated rings. The molecule has 0 aliphatic rings. The molecule has 106 valence electrons. The van der Waals surface area contributed by atoms with Crippen LogP contribution in [0.4, 0.5) is 0 Å². The van der Waals surface area contributed by atoms with E-state index in [9.17, 15) is 4.79 Å². The van der Waals surface area contributed by atoms with Crippen LogP contribution in [0.3, 0.4) is 0 Å². The van der Waals surface area contributed by atoms with E-state index in [1.54, 1.807) is 32.0 Å². The molecule has 19 heavy (non-hydrogen) atoms. The van der Waals surface area contributed by atoms with E-state index < -0.39 is 5.54 Å². The van der Waals surface area contributed by atoms with E-state index in [0.717, 1.165) is 0 Å². The molecule has 0 saturated carbocycles. The Morgan fingerprint density at radius 2 is 2.05 bits per heavy atom. The van der Waals surface area contributed by atoms with E-state index in [0.29, 0.717) is 22.2 Å². The molecule has 0 radical (unpaired) electrons. The number of carbonyl (C=O) groups is 1. The van der Waals surface area contributed by atoms with Gasteiger partial charge in [0.1, 0.15) is 5.54 Å². The summed E-state index contributed by atoms with van der Waals surface area (Å²) in [6.07, 6.45) is 0. The molecule has 3 nitrogen and oxygen atoms in total. The van der Waals surface area contributed by atoms with Crippen molar-refractivity contribution in [2.24, 2.45) is 0 Å². The van der Waals surface area contributed by atoms with E-state index in [1.807, 2.05) is 13.8 Å². The summed E-state index contributed by atoms with van der Waals surface area (Å²) in [6, 6.07) is 5.15. The molecule has 0 amide bonds. The Hall–Kier alpha value is -0.770. The second-order valence-corrected chi connectivity index (χ2v) is 5.61. The molecule has 0 saturated heterocycles. The van der Waals surface area contributed by atoms with Gasteiger partial charge in [0.25, 0.3) is 0 Å². The first-order valence-corrected chi connectivity index (χ1v) is 6.97. The lowest BCUT2D eigenvalue weighted by molar-refractivity contribution is -0.151. The van der Waals surface area contributed by atoms with E-state index in [-0.39, 0.29) is 12.0 Å². The largest absolute Gasteiger partial charge is 0.464 e. The van der Waals surface area contributed by atoms with Crippen LogP contribution in [0.5, 0.6) is 0 Å². The summed E-state index contributed by atoms with van der Waals surface area (Å²) in [6.45, 7) is 7.74. The second kappa shape index (κ2) is 6.60. The molecular formula is C14H19Cl2NO2. The highest BCUT2D eigenvalue weighted by Gasteiger charge is 2.38. The van der Waals surface area contributed by atoms with Crippen LogP contribution >= 0.6 is 23.2 Å². The molecule has 0 aliphatic heterocycles. The first-order chi connectivity index (χ1) is 8.81. The van der Waals surface area contributed by atoms with Gasteiger partial charge in [0.15, 0.2) is 0 Å². The normalized spacial score (nSPS) is 14.3. The van der Waals surface area contributed by atoms with Gasteiger partial charge in [-0.1, -0.05) is 23.2 Å². The van der Waals surface area contributed by atoms with E-state index >= 15 is 0 Å². The molecule has 0 bridgehead atoms. The fraction of sp³-hybridized carbons (Fsp3) is 0.500. The fourth-order valence-corrected chi connectivity index (χ4v) is 2.46. The lowest BCUT2D eigenvalue weighted by Gasteiger charge is -2.32. The maximum atomic E-state index is 12.3. The van der Waals surface area contributed by atoms with Crippen LogP contribution in [-0.4, -0.2) is 18.6 Å². The number of esters is 1. The molecule has 1 unspecified atom stereocenters. The zero-order valence-corrected chi connectivity index (χ0v) is 13.1. The summed E-state index contributed by atoms with van der Waals surface area (Å²) >= 11 is 12.2. The van der Waals surface area contributed by atoms with Crippen molar-refractivity contribution >= 4 is 29.2 Å². The quantitative estimate of drug-likeness (QED) is 0.842. The van der Waals surface area contributed by atoms with Crippen molar-refractivity contribution in [2.75, 3.05) is 6.61 Å². The standard InChI is InChI=1S/C14H19Cl2NO2/c1-5-19-13(18)14(4,17-9(2)3)11-8-10(15)6-7-12(11)16/h6-9,17H,5H2,1-4H3. The van der Waals surface area contributed by atoms with Gasteiger partial charge in [-0.25, -0.2) is 4.79 Å². The summed E-state index contributed by atoms with van der Waals surface area (Å²) in [4.78, 5) is 12.3. The van der Waals surface area contributed by atoms with Gasteiger partial charge in [0.05, 0.1) is 6.61 Å². The highest BCUT2D eigenvalue weighted by Crippen LogP contribution is 2.32. The Morgan fingerprint density at radius 1 is 1.42 bits per heavy atom. The molecular weight excluding hydrogens is 285 g/mol. The lowest BCUT2D eigenvalue weighted by atomic mass is 9.91. The second-order valence-electron chi connectivity index (χ2n) is 4.77. The average Bonchev–Trinajstić information content (AvgIpc) is 2.31. The van der Waals surface area contributed by atoms with Gasteiger partial charge in [0, 0.05) is 21.7 Å². The number of nitrogens with one attached hydrogen (secondary N) is 1. The maximum Gasteiger partial charge on any atom is 0.330 e. The summed E-state index contributed by atoms with van der Waals surface area (Å²) in [7, 11) is 0. The third-order valence-corrected chi connectivity index (χ3v) is 3.29. The van der Waals surface area contributed by atoms with Crippen molar-refractivity contribution in [2.45, 2.75) is 39.3 Å². The third-order valence-electron chi connectivity index (χ3n) is 2.73. The van der Waals surface area contributed by atoms with Crippen LogP contribution in [0.25, 0.3) is 0 Å². The van der Waals surface area contributed by atoms with Crippen LogP contribution in [0.2, 0.25) is 10.0 Å². The topological polar surface area (TPSA) is 38.3 Å². The number of halogens is 2. The minimum absolute atomic E-state index is 0.0875. The van der Waals surface area contributed by atoms with Gasteiger partial charge in [-0.05, 0) is 45.9 Å². The van der Waals surface area contributed by atoms with Gasteiger partial charge in [-0.2, -0.15) is 0 Å². The third kappa shape index (κ3) is 3.85. The lowest BCUT2D eigenvalue weighted by Crippen LogP contribution is -2.50. The van der Waals surface area contributed by atoms with Gasteiger partial charge in [-0.15, -0.1) is 0 Å². The maximum absolute atomic E-state index is 12.3. The zero-order valence-electron chi connectivity index (χ0n) is 11.6. The number of carbonyl (C=O) groups excluding carboxylic acids is 1. The van der Waals surface area contributed by atoms with Crippen molar-refractivity contribution < 1.29 is 9.53 Å². The Bertz CT molecular complexity index is 463. The number of hydrogen-bond acceptors (Lipinski definition) is 3. The predicted molar refractivity (Wildman–Crippen MR) is 78.7 cm³/mol. The van der Waals surface area contributed by atoms with Gasteiger partial charge < -0.3 is 4.74 Å². The minimum Gasteiger partial charge on any atom is -0.464 e. The molecule has 5 heteroatoms. The minimum atomic E-state index is -1.02. The van der Waals surface area contributed by atoms with E-state index in [1.165, 1.54) is 0 Å². The van der Waals surface area contributed by atoms with Crippen molar-refractivity contribution in [3.63, 3.8) is 0 Å². The molecule has 0 spiro atoms. The van der Waals surface area contributed by atoms with Crippen LogP contribution in [0.1, 0.15) is 33.3 Å². The number of ether oxygens (including phenoxy) is 1. The van der Waals surface area contributed by atoms with Crippen molar-refractivity contribution in [1.29, 1.82) is 0 Å². The molecule has 1 rings (SSSR count). The SMILES string of the molecule is CCOC(=O)C(C)(NC(C)C)c1cc(Cl)ccc1Cl. The number of rotatable bonds is 5. The zero-order chi connectivity index (χ0) is 14.6. The van der Waals surface area contributed by atoms with E-state index in [4.69, 9.17) is 27.9 Å². The van der Waals surface area contributed by atoms with E-state index in [2.05, 4.69) is 5.32 Å². The number of benzene rings is 1. The Morgan fingerprint density at radius 3 is 2.58 bits per heavy atom. The first kappa shape index (κ1) is 16.3. The Balaban J connectivity index is 3.29. The molecule has 1 atom stereocenters. The molecule has 1 aromatic carbocycles.